The van der Waals surface area contributed by atoms with Crippen LogP contribution in [0.4, 0.5) is 0 Å². The SMILES string of the molecule is [2H]c1c([2H])c([2H])c(-c2nc(-c3ccc4c(c3)C3(c5ccccc5-c5ccccc5-4)c4ccccc4-c4cc5c(cc43)-c3ccccc3C5(C)C)nc(-c3c([2H])c([2H])c([2H])c([2H])c3[2H])n2)c([2H])c1[2H]. The second-order valence-electron chi connectivity index (χ2n) is 15.6. The molecule has 3 aliphatic rings. The second-order valence-corrected chi connectivity index (χ2v) is 15.6. The molecule has 58 heavy (non-hydrogen) atoms. The molecule has 9 aromatic rings. The Balaban J connectivity index is 1.22. The van der Waals surface area contributed by atoms with Crippen LogP contribution in [0.3, 0.4) is 0 Å². The molecule has 1 unspecified atom stereocenters. The lowest BCUT2D eigenvalue weighted by molar-refractivity contribution is 0.660. The Labute approximate surface area is 352 Å². The van der Waals surface area contributed by atoms with Gasteiger partial charge in [-0.25, -0.2) is 15.0 Å². The minimum atomic E-state index is -0.942. The third-order valence-electron chi connectivity index (χ3n) is 12.3. The highest BCUT2D eigenvalue weighted by atomic mass is 15.0. The van der Waals surface area contributed by atoms with Crippen molar-refractivity contribution < 1.29 is 13.7 Å². The highest BCUT2D eigenvalue weighted by Crippen LogP contribution is 2.64. The topological polar surface area (TPSA) is 38.7 Å². The van der Waals surface area contributed by atoms with E-state index in [-0.39, 0.29) is 34.0 Å². The molecule has 0 saturated carbocycles. The summed E-state index contributed by atoms with van der Waals surface area (Å²) in [5.41, 5.74) is 13.9. The van der Waals surface area contributed by atoms with Crippen LogP contribution < -0.4 is 0 Å². The molecule has 0 saturated heterocycles. The molecule has 8 aromatic carbocycles. The van der Waals surface area contributed by atoms with Crippen LogP contribution in [0.25, 0.3) is 78.7 Å². The zero-order chi connectivity index (χ0) is 47.3. The molecule has 12 rings (SSSR count). The van der Waals surface area contributed by atoms with Crippen LogP contribution >= 0.6 is 0 Å². The number of benzene rings is 8. The lowest BCUT2D eigenvalue weighted by Gasteiger charge is -2.36. The van der Waals surface area contributed by atoms with Gasteiger partial charge in [-0.2, -0.15) is 0 Å². The van der Waals surface area contributed by atoms with Crippen molar-refractivity contribution in [1.82, 2.24) is 15.0 Å². The fraction of sp³-hybridized carbons (Fsp3) is 0.0727. The second kappa shape index (κ2) is 12.1. The Bertz CT molecular complexity index is 3610. The first kappa shape index (κ1) is 24.4. The summed E-state index contributed by atoms with van der Waals surface area (Å²) in [4.78, 5) is 14.3. The van der Waals surface area contributed by atoms with E-state index in [0.29, 0.717) is 5.56 Å². The number of rotatable bonds is 3. The van der Waals surface area contributed by atoms with Gasteiger partial charge in [0, 0.05) is 22.1 Å². The minimum Gasteiger partial charge on any atom is -0.208 e. The maximum Gasteiger partial charge on any atom is 0.164 e. The molecule has 0 N–H and O–H groups in total. The van der Waals surface area contributed by atoms with Crippen molar-refractivity contribution in [2.24, 2.45) is 0 Å². The Kier molecular flexibility index (Phi) is 5.11. The molecule has 272 valence electrons. The first-order valence-corrected chi connectivity index (χ1v) is 19.3. The minimum absolute atomic E-state index is 0.00326. The third kappa shape index (κ3) is 4.47. The summed E-state index contributed by atoms with van der Waals surface area (Å²) in [7, 11) is 0. The van der Waals surface area contributed by atoms with Gasteiger partial charge in [-0.1, -0.05) is 183 Å². The molecule has 0 bridgehead atoms. The lowest BCUT2D eigenvalue weighted by atomic mass is 9.65. The highest BCUT2D eigenvalue weighted by molar-refractivity contribution is 5.99. The fourth-order valence-electron chi connectivity index (χ4n) is 9.87. The monoisotopic (exact) mass is 749 g/mol. The van der Waals surface area contributed by atoms with Crippen molar-refractivity contribution in [3.63, 3.8) is 0 Å². The zero-order valence-corrected chi connectivity index (χ0v) is 31.5. The number of aromatic nitrogens is 3. The van der Waals surface area contributed by atoms with Gasteiger partial charge in [0.15, 0.2) is 17.5 Å². The summed E-state index contributed by atoms with van der Waals surface area (Å²) in [6.45, 7) is 4.57. The van der Waals surface area contributed by atoms with Gasteiger partial charge in [0.2, 0.25) is 0 Å². The lowest BCUT2D eigenvalue weighted by Crippen LogP contribution is -2.29. The van der Waals surface area contributed by atoms with Gasteiger partial charge >= 0.3 is 0 Å². The van der Waals surface area contributed by atoms with Crippen LogP contribution in [0.15, 0.2) is 188 Å². The summed E-state index contributed by atoms with van der Waals surface area (Å²) in [5.74, 6) is -0.631. The van der Waals surface area contributed by atoms with Gasteiger partial charge in [0.1, 0.15) is 0 Å². The van der Waals surface area contributed by atoms with Crippen molar-refractivity contribution in [3.8, 4) is 78.7 Å². The molecule has 3 heteroatoms. The van der Waals surface area contributed by atoms with E-state index in [1.807, 2.05) is 18.2 Å². The standard InChI is InChI=1S/C55H37N3/c1-54(2)45-26-14-11-24-40(45)43-33-50-44(32-48(43)54)41-25-13-16-28-47(41)55(50)46-27-15-12-23-39(46)37-21-9-10-22-38(37)42-30-29-36(31-49(42)55)53-57-51(34-17-5-3-6-18-34)56-52(58-53)35-19-7-4-8-20-35/h3-33H,1-2H3/i3D,4D,5D,6D,7D,8D,17D,18D,19D,20D. The molecule has 0 aliphatic heterocycles. The molecule has 0 fully saturated rings. The van der Waals surface area contributed by atoms with Crippen molar-refractivity contribution >= 4 is 0 Å². The van der Waals surface area contributed by atoms with E-state index in [1.165, 1.54) is 16.7 Å². The quantitative estimate of drug-likeness (QED) is 0.181. The van der Waals surface area contributed by atoms with E-state index in [0.717, 1.165) is 61.2 Å². The van der Waals surface area contributed by atoms with E-state index < -0.39 is 65.8 Å². The molecule has 1 heterocycles. The first-order chi connectivity index (χ1) is 32.7. The Morgan fingerprint density at radius 3 is 1.31 bits per heavy atom. The normalized spacial score (nSPS) is 18.4. The van der Waals surface area contributed by atoms with Crippen LogP contribution in [-0.2, 0) is 10.8 Å². The maximum absolute atomic E-state index is 8.93. The molecule has 3 nitrogen and oxygen atoms in total. The van der Waals surface area contributed by atoms with Gasteiger partial charge in [-0.3, -0.25) is 0 Å². The first-order valence-electron chi connectivity index (χ1n) is 24.3. The molecular formula is C55H37N3. The molecular weight excluding hydrogens is 703 g/mol. The van der Waals surface area contributed by atoms with Crippen molar-refractivity contribution in [3.05, 3.63) is 221 Å². The van der Waals surface area contributed by atoms with E-state index in [9.17, 15) is 0 Å². The Morgan fingerprint density at radius 2 is 0.741 bits per heavy atom. The van der Waals surface area contributed by atoms with Crippen LogP contribution in [0, 0.1) is 0 Å². The van der Waals surface area contributed by atoms with Crippen LogP contribution in [0.1, 0.15) is 60.9 Å². The summed E-state index contributed by atoms with van der Waals surface area (Å²) in [6, 6.07) is 38.9. The molecule has 0 radical (unpaired) electrons. The van der Waals surface area contributed by atoms with Gasteiger partial charge in [-0.05, 0) is 96.1 Å². The van der Waals surface area contributed by atoms with Crippen molar-refractivity contribution in [1.29, 1.82) is 0 Å². The average Bonchev–Trinajstić information content (AvgIpc) is 3.73. The number of hydrogen-bond donors (Lipinski definition) is 0. The molecule has 1 spiro atoms. The molecule has 1 aromatic heterocycles. The van der Waals surface area contributed by atoms with E-state index in [1.54, 1.807) is 0 Å². The molecule has 1 atom stereocenters. The number of fused-ring (bicyclic) bond motifs is 15. The van der Waals surface area contributed by atoms with E-state index >= 15 is 0 Å². The highest BCUT2D eigenvalue weighted by Gasteiger charge is 2.51. The van der Waals surface area contributed by atoms with Crippen LogP contribution in [0.5, 0.6) is 0 Å². The van der Waals surface area contributed by atoms with Crippen LogP contribution in [-0.4, -0.2) is 15.0 Å². The fourth-order valence-corrected chi connectivity index (χ4v) is 9.87. The Hall–Kier alpha value is -7.23. The Morgan fingerprint density at radius 1 is 0.345 bits per heavy atom. The largest absolute Gasteiger partial charge is 0.208 e. The summed E-state index contributed by atoms with van der Waals surface area (Å²) >= 11 is 0. The average molecular weight is 750 g/mol. The van der Waals surface area contributed by atoms with Crippen LogP contribution in [0.2, 0.25) is 0 Å². The van der Waals surface area contributed by atoms with E-state index in [4.69, 9.17) is 23.7 Å². The van der Waals surface area contributed by atoms with E-state index in [2.05, 4.69) is 128 Å². The summed E-state index contributed by atoms with van der Waals surface area (Å²) in [6.07, 6.45) is 0. The predicted molar refractivity (Wildman–Crippen MR) is 235 cm³/mol. The maximum atomic E-state index is 8.93. The van der Waals surface area contributed by atoms with Gasteiger partial charge in [-0.15, -0.1) is 0 Å². The van der Waals surface area contributed by atoms with Gasteiger partial charge < -0.3 is 0 Å². The zero-order valence-electron chi connectivity index (χ0n) is 41.5. The number of hydrogen-bond acceptors (Lipinski definition) is 3. The molecule has 0 amide bonds. The smallest absolute Gasteiger partial charge is 0.164 e. The third-order valence-corrected chi connectivity index (χ3v) is 12.3. The van der Waals surface area contributed by atoms with Crippen molar-refractivity contribution in [2.75, 3.05) is 0 Å². The van der Waals surface area contributed by atoms with Crippen molar-refractivity contribution in [2.45, 2.75) is 24.7 Å². The summed E-state index contributed by atoms with van der Waals surface area (Å²) in [5, 5.41) is 0. The predicted octanol–water partition coefficient (Wildman–Crippen LogP) is 13.2. The number of nitrogens with zero attached hydrogens (tertiary/aromatic N) is 3. The van der Waals surface area contributed by atoms with Gasteiger partial charge in [0.25, 0.3) is 0 Å². The summed E-state index contributed by atoms with van der Waals surface area (Å²) < 4.78 is 86.4. The van der Waals surface area contributed by atoms with Gasteiger partial charge in [0.05, 0.1) is 19.1 Å². The molecule has 3 aliphatic carbocycles.